The Morgan fingerprint density at radius 3 is 2.23 bits per heavy atom. The van der Waals surface area contributed by atoms with E-state index in [1.165, 1.54) is 4.90 Å². The Hall–Kier alpha value is -3.38. The van der Waals surface area contributed by atoms with Crippen molar-refractivity contribution in [1.82, 2.24) is 0 Å². The van der Waals surface area contributed by atoms with Crippen LogP contribution in [0.1, 0.15) is 11.1 Å². The van der Waals surface area contributed by atoms with Gasteiger partial charge in [0.25, 0.3) is 5.91 Å². The Kier molecular flexibility index (Phi) is 5.68. The number of thioether (sulfide) groups is 1. The van der Waals surface area contributed by atoms with Crippen molar-refractivity contribution in [3.63, 3.8) is 0 Å². The normalized spacial score (nSPS) is 14.0. The number of amides is 1. The summed E-state index contributed by atoms with van der Waals surface area (Å²) in [7, 11) is 3.16. The number of anilines is 2. The monoisotopic (exact) mass is 418 g/mol. The average Bonchev–Trinajstić information content (AvgIpc) is 3.11. The molecule has 0 fully saturated rings. The third-order valence-corrected chi connectivity index (χ3v) is 5.68. The summed E-state index contributed by atoms with van der Waals surface area (Å²) >= 11 is 1.69. The van der Waals surface area contributed by atoms with Crippen LogP contribution in [0.5, 0.6) is 11.5 Å². The summed E-state index contributed by atoms with van der Waals surface area (Å²) in [6.07, 6.45) is 2.04. The van der Waals surface area contributed by atoms with Gasteiger partial charge in [0.2, 0.25) is 0 Å². The Bertz CT molecular complexity index is 1110. The maximum Gasteiger partial charge on any atom is 0.258 e. The predicted molar refractivity (Wildman–Crippen MR) is 123 cm³/mol. The quantitative estimate of drug-likeness (QED) is 0.417. The first kappa shape index (κ1) is 19.9. The zero-order valence-corrected chi connectivity index (χ0v) is 17.8. The van der Waals surface area contributed by atoms with Gasteiger partial charge in [-0.3, -0.25) is 4.79 Å². The number of nitrogens with one attached hydrogen (secondary N) is 2. The molecule has 3 aromatic rings. The highest BCUT2D eigenvalue weighted by molar-refractivity contribution is 7.98. The molecule has 0 aromatic heterocycles. The van der Waals surface area contributed by atoms with Crippen LogP contribution in [0.2, 0.25) is 0 Å². The molecule has 3 aromatic carbocycles. The van der Waals surface area contributed by atoms with E-state index < -0.39 is 0 Å². The summed E-state index contributed by atoms with van der Waals surface area (Å²) in [5.74, 6) is 0.967. The van der Waals surface area contributed by atoms with Gasteiger partial charge in [0, 0.05) is 22.2 Å². The first-order valence-corrected chi connectivity index (χ1v) is 10.7. The van der Waals surface area contributed by atoms with Crippen molar-refractivity contribution in [3.05, 3.63) is 77.9 Å². The van der Waals surface area contributed by atoms with Crippen molar-refractivity contribution in [1.29, 1.82) is 0 Å². The van der Waals surface area contributed by atoms with Gasteiger partial charge in [-0.25, -0.2) is 0 Å². The molecule has 30 heavy (non-hydrogen) atoms. The van der Waals surface area contributed by atoms with Crippen molar-refractivity contribution in [2.24, 2.45) is 0 Å². The zero-order valence-electron chi connectivity index (χ0n) is 17.0. The van der Waals surface area contributed by atoms with Crippen LogP contribution in [0.15, 0.2) is 71.6 Å². The smallest absolute Gasteiger partial charge is 0.258 e. The van der Waals surface area contributed by atoms with Gasteiger partial charge in [-0.2, -0.15) is 0 Å². The second-order valence-electron chi connectivity index (χ2n) is 6.68. The van der Waals surface area contributed by atoms with Crippen LogP contribution < -0.4 is 20.1 Å². The SMILES string of the molecule is COc1cc2c(cc1OC)C(=C(Nc1ccc(SC)cc1)c1ccccc1)C(=O)N2. The molecule has 0 aliphatic carbocycles. The fraction of sp³-hybridized carbons (Fsp3) is 0.125. The van der Waals surface area contributed by atoms with Gasteiger partial charge >= 0.3 is 0 Å². The van der Waals surface area contributed by atoms with Gasteiger partial charge in [-0.05, 0) is 42.2 Å². The minimum Gasteiger partial charge on any atom is -0.493 e. The van der Waals surface area contributed by atoms with E-state index in [9.17, 15) is 4.79 Å². The van der Waals surface area contributed by atoms with Crippen LogP contribution in [0.4, 0.5) is 11.4 Å². The molecular formula is C24H22N2O3S. The molecule has 0 saturated heterocycles. The van der Waals surface area contributed by atoms with Crippen LogP contribution >= 0.6 is 11.8 Å². The van der Waals surface area contributed by atoms with Gasteiger partial charge < -0.3 is 20.1 Å². The standard InChI is InChI=1S/C24H22N2O3S/c1-28-20-13-18-19(14-21(20)29-2)26-24(27)22(18)23(15-7-5-4-6-8-15)25-16-9-11-17(30-3)12-10-16/h4-14,25H,1-3H3,(H,26,27). The summed E-state index contributed by atoms with van der Waals surface area (Å²) in [5.41, 5.74) is 4.58. The number of hydrogen-bond donors (Lipinski definition) is 2. The van der Waals surface area contributed by atoms with E-state index in [4.69, 9.17) is 9.47 Å². The van der Waals surface area contributed by atoms with E-state index in [-0.39, 0.29) is 5.91 Å². The van der Waals surface area contributed by atoms with E-state index >= 15 is 0 Å². The van der Waals surface area contributed by atoms with Gasteiger partial charge in [0.1, 0.15) is 0 Å². The third kappa shape index (κ3) is 3.74. The molecule has 1 aliphatic heterocycles. The van der Waals surface area contributed by atoms with Crippen LogP contribution in [-0.2, 0) is 4.79 Å². The highest BCUT2D eigenvalue weighted by Gasteiger charge is 2.30. The first-order chi connectivity index (χ1) is 14.6. The number of ether oxygens (including phenoxy) is 2. The van der Waals surface area contributed by atoms with Gasteiger partial charge in [-0.15, -0.1) is 11.8 Å². The molecule has 4 rings (SSSR count). The summed E-state index contributed by atoms with van der Waals surface area (Å²) in [6, 6.07) is 21.6. The zero-order chi connectivity index (χ0) is 21.1. The molecule has 5 nitrogen and oxygen atoms in total. The highest BCUT2D eigenvalue weighted by atomic mass is 32.2. The number of hydrogen-bond acceptors (Lipinski definition) is 5. The van der Waals surface area contributed by atoms with E-state index in [0.29, 0.717) is 22.8 Å². The Labute approximate surface area is 180 Å². The first-order valence-electron chi connectivity index (χ1n) is 9.43. The molecular weight excluding hydrogens is 396 g/mol. The topological polar surface area (TPSA) is 59.6 Å². The minimum atomic E-state index is -0.174. The maximum atomic E-state index is 13.0. The van der Waals surface area contributed by atoms with E-state index in [1.54, 1.807) is 32.0 Å². The van der Waals surface area contributed by atoms with Crippen LogP contribution in [0, 0.1) is 0 Å². The van der Waals surface area contributed by atoms with Gasteiger partial charge in [-0.1, -0.05) is 30.3 Å². The van der Waals surface area contributed by atoms with Crippen molar-refractivity contribution < 1.29 is 14.3 Å². The summed E-state index contributed by atoms with van der Waals surface area (Å²) in [5, 5.41) is 6.42. The minimum absolute atomic E-state index is 0.174. The maximum absolute atomic E-state index is 13.0. The summed E-state index contributed by atoms with van der Waals surface area (Å²) in [6.45, 7) is 0. The van der Waals surface area contributed by atoms with Crippen LogP contribution in [0.3, 0.4) is 0 Å². The molecule has 2 N–H and O–H groups in total. The van der Waals surface area contributed by atoms with Crippen molar-refractivity contribution in [2.45, 2.75) is 4.90 Å². The lowest BCUT2D eigenvalue weighted by Gasteiger charge is -2.15. The lowest BCUT2D eigenvalue weighted by molar-refractivity contribution is -0.110. The molecule has 0 spiro atoms. The average molecular weight is 419 g/mol. The lowest BCUT2D eigenvalue weighted by Crippen LogP contribution is -2.10. The van der Waals surface area contributed by atoms with Crippen molar-refractivity contribution in [2.75, 3.05) is 31.1 Å². The number of benzene rings is 3. The number of carbonyl (C=O) groups is 1. The Morgan fingerprint density at radius 1 is 0.933 bits per heavy atom. The number of fused-ring (bicyclic) bond motifs is 1. The van der Waals surface area contributed by atoms with E-state index in [2.05, 4.69) is 22.8 Å². The molecule has 0 saturated carbocycles. The number of rotatable bonds is 6. The second kappa shape index (κ2) is 8.55. The molecule has 0 radical (unpaired) electrons. The van der Waals surface area contributed by atoms with Crippen molar-refractivity contribution in [3.8, 4) is 11.5 Å². The molecule has 1 aliphatic rings. The van der Waals surface area contributed by atoms with Crippen LogP contribution in [0.25, 0.3) is 11.3 Å². The van der Waals surface area contributed by atoms with Gasteiger partial charge in [0.05, 0.1) is 31.2 Å². The van der Waals surface area contributed by atoms with E-state index in [0.717, 1.165) is 22.5 Å². The van der Waals surface area contributed by atoms with Gasteiger partial charge in [0.15, 0.2) is 11.5 Å². The number of methoxy groups -OCH3 is 2. The predicted octanol–water partition coefficient (Wildman–Crippen LogP) is 5.36. The summed E-state index contributed by atoms with van der Waals surface area (Å²) in [4.78, 5) is 14.2. The fourth-order valence-corrected chi connectivity index (χ4v) is 3.86. The third-order valence-electron chi connectivity index (χ3n) is 4.94. The molecule has 0 atom stereocenters. The number of carbonyl (C=O) groups excluding carboxylic acids is 1. The summed E-state index contributed by atoms with van der Waals surface area (Å²) < 4.78 is 10.8. The molecule has 1 amide bonds. The van der Waals surface area contributed by atoms with E-state index in [1.807, 2.05) is 54.8 Å². The Balaban J connectivity index is 1.89. The molecule has 1 heterocycles. The highest BCUT2D eigenvalue weighted by Crippen LogP contribution is 2.43. The molecule has 0 unspecified atom stereocenters. The lowest BCUT2D eigenvalue weighted by atomic mass is 9.99. The molecule has 152 valence electrons. The second-order valence-corrected chi connectivity index (χ2v) is 7.56. The largest absolute Gasteiger partial charge is 0.493 e. The fourth-order valence-electron chi connectivity index (χ4n) is 3.45. The Morgan fingerprint density at radius 2 is 1.60 bits per heavy atom. The molecule has 6 heteroatoms. The molecule has 0 bridgehead atoms. The van der Waals surface area contributed by atoms with Crippen molar-refractivity contribution >= 4 is 40.3 Å². The van der Waals surface area contributed by atoms with Crippen LogP contribution in [-0.4, -0.2) is 26.4 Å².